The average Bonchev–Trinajstić information content (AvgIpc) is 3.15. The molecule has 20 heavy (non-hydrogen) atoms. The Morgan fingerprint density at radius 3 is 3.00 bits per heavy atom. The number of aromatic nitrogens is 2. The average molecular weight is 295 g/mol. The number of rotatable bonds is 5. The zero-order valence-corrected chi connectivity index (χ0v) is 11.1. The molecule has 1 aromatic heterocycles. The van der Waals surface area contributed by atoms with E-state index in [1.807, 2.05) is 0 Å². The summed E-state index contributed by atoms with van der Waals surface area (Å²) in [6.07, 6.45) is 2.16. The maximum absolute atomic E-state index is 11.1. The molecule has 1 saturated carbocycles. The maximum atomic E-state index is 11.1. The van der Waals surface area contributed by atoms with Gasteiger partial charge in [-0.15, -0.1) is 0 Å². The van der Waals surface area contributed by atoms with Crippen LogP contribution in [0, 0.1) is 0 Å². The smallest absolute Gasteiger partial charge is 0.339 e. The molecule has 0 bridgehead atoms. The fourth-order valence-electron chi connectivity index (χ4n) is 1.77. The van der Waals surface area contributed by atoms with E-state index < -0.39 is 5.97 Å². The Kier molecular flexibility index (Phi) is 3.31. The SMILES string of the molecule is O=C(O)c1ccc(Cl)cc1OCc1nc(C2CC2)no1. The molecule has 2 aromatic rings. The molecule has 0 atom stereocenters. The van der Waals surface area contributed by atoms with Crippen molar-refractivity contribution >= 4 is 17.6 Å². The van der Waals surface area contributed by atoms with Gasteiger partial charge in [0.25, 0.3) is 5.89 Å². The molecule has 1 fully saturated rings. The lowest BCUT2D eigenvalue weighted by atomic mass is 10.2. The van der Waals surface area contributed by atoms with Gasteiger partial charge in [0.05, 0.1) is 0 Å². The van der Waals surface area contributed by atoms with Crippen LogP contribution in [0.1, 0.15) is 40.8 Å². The number of carboxylic acid groups (broad SMARTS) is 1. The highest BCUT2D eigenvalue weighted by Gasteiger charge is 2.28. The molecule has 6 nitrogen and oxygen atoms in total. The van der Waals surface area contributed by atoms with Gasteiger partial charge >= 0.3 is 5.97 Å². The van der Waals surface area contributed by atoms with Gasteiger partial charge in [-0.25, -0.2) is 4.79 Å². The third kappa shape index (κ3) is 2.75. The molecule has 1 heterocycles. The van der Waals surface area contributed by atoms with Crippen LogP contribution in [0.2, 0.25) is 5.02 Å². The highest BCUT2D eigenvalue weighted by molar-refractivity contribution is 6.30. The number of carboxylic acids is 1. The van der Waals surface area contributed by atoms with Crippen LogP contribution >= 0.6 is 11.6 Å². The van der Waals surface area contributed by atoms with Crippen LogP contribution in [-0.4, -0.2) is 21.2 Å². The zero-order valence-electron chi connectivity index (χ0n) is 10.4. The van der Waals surface area contributed by atoms with Crippen LogP contribution in [0.5, 0.6) is 5.75 Å². The van der Waals surface area contributed by atoms with Gasteiger partial charge in [0.15, 0.2) is 12.4 Å². The summed E-state index contributed by atoms with van der Waals surface area (Å²) in [4.78, 5) is 15.3. The molecule has 1 aliphatic carbocycles. The van der Waals surface area contributed by atoms with Gasteiger partial charge in [-0.1, -0.05) is 16.8 Å². The van der Waals surface area contributed by atoms with Gasteiger partial charge < -0.3 is 14.4 Å². The summed E-state index contributed by atoms with van der Waals surface area (Å²) in [7, 11) is 0. The van der Waals surface area contributed by atoms with Gasteiger partial charge in [-0.3, -0.25) is 0 Å². The first-order valence-electron chi connectivity index (χ1n) is 6.11. The van der Waals surface area contributed by atoms with E-state index in [9.17, 15) is 4.79 Å². The fraction of sp³-hybridized carbons (Fsp3) is 0.308. The van der Waals surface area contributed by atoms with E-state index in [0.717, 1.165) is 12.8 Å². The monoisotopic (exact) mass is 294 g/mol. The largest absolute Gasteiger partial charge is 0.483 e. The van der Waals surface area contributed by atoms with Crippen LogP contribution in [0.3, 0.4) is 0 Å². The molecule has 3 rings (SSSR count). The number of benzene rings is 1. The molecule has 7 heteroatoms. The lowest BCUT2D eigenvalue weighted by Crippen LogP contribution is -2.03. The predicted molar refractivity (Wildman–Crippen MR) is 69.0 cm³/mol. The minimum atomic E-state index is -1.08. The van der Waals surface area contributed by atoms with Gasteiger partial charge in [-0.05, 0) is 31.0 Å². The van der Waals surface area contributed by atoms with Gasteiger partial charge in [0, 0.05) is 10.9 Å². The Bertz CT molecular complexity index is 652. The quantitative estimate of drug-likeness (QED) is 0.912. The van der Waals surface area contributed by atoms with Crippen molar-refractivity contribution in [2.24, 2.45) is 0 Å². The number of hydrogen-bond acceptors (Lipinski definition) is 5. The second-order valence-corrected chi connectivity index (χ2v) is 4.99. The summed E-state index contributed by atoms with van der Waals surface area (Å²) >= 11 is 5.83. The van der Waals surface area contributed by atoms with E-state index in [-0.39, 0.29) is 17.9 Å². The zero-order chi connectivity index (χ0) is 14.1. The first-order valence-corrected chi connectivity index (χ1v) is 6.49. The minimum absolute atomic E-state index is 0.0142. The third-order valence-corrected chi connectivity index (χ3v) is 3.19. The molecule has 1 aromatic carbocycles. The van der Waals surface area contributed by atoms with Crippen molar-refractivity contribution in [3.05, 3.63) is 40.5 Å². The topological polar surface area (TPSA) is 85.5 Å². The van der Waals surface area contributed by atoms with Crippen molar-refractivity contribution in [1.82, 2.24) is 10.1 Å². The maximum Gasteiger partial charge on any atom is 0.339 e. The van der Waals surface area contributed by atoms with Gasteiger partial charge in [0.2, 0.25) is 0 Å². The molecular formula is C13H11ClN2O4. The van der Waals surface area contributed by atoms with Crippen molar-refractivity contribution in [3.8, 4) is 5.75 Å². The van der Waals surface area contributed by atoms with Crippen LogP contribution in [0.25, 0.3) is 0 Å². The van der Waals surface area contributed by atoms with Crippen molar-refractivity contribution < 1.29 is 19.2 Å². The summed E-state index contributed by atoms with van der Waals surface area (Å²) < 4.78 is 10.5. The van der Waals surface area contributed by atoms with Crippen molar-refractivity contribution in [3.63, 3.8) is 0 Å². The molecule has 104 valence electrons. The van der Waals surface area contributed by atoms with E-state index >= 15 is 0 Å². The van der Waals surface area contributed by atoms with E-state index in [4.69, 9.17) is 26.0 Å². The lowest BCUT2D eigenvalue weighted by Gasteiger charge is -2.07. The number of carbonyl (C=O) groups is 1. The minimum Gasteiger partial charge on any atom is -0.483 e. The van der Waals surface area contributed by atoms with E-state index in [1.165, 1.54) is 18.2 Å². The summed E-state index contributed by atoms with van der Waals surface area (Å²) in [5, 5.41) is 13.3. The van der Waals surface area contributed by atoms with Crippen LogP contribution in [0.4, 0.5) is 0 Å². The normalized spacial score (nSPS) is 14.2. The second kappa shape index (κ2) is 5.13. The molecule has 0 saturated heterocycles. The van der Waals surface area contributed by atoms with Crippen molar-refractivity contribution in [2.75, 3.05) is 0 Å². The van der Waals surface area contributed by atoms with Crippen LogP contribution < -0.4 is 4.74 Å². The van der Waals surface area contributed by atoms with E-state index in [1.54, 1.807) is 0 Å². The Hall–Kier alpha value is -2.08. The Morgan fingerprint density at radius 1 is 1.50 bits per heavy atom. The van der Waals surface area contributed by atoms with Crippen molar-refractivity contribution in [1.29, 1.82) is 0 Å². The summed E-state index contributed by atoms with van der Waals surface area (Å²) in [6, 6.07) is 4.34. The molecule has 0 amide bonds. The molecule has 0 spiro atoms. The molecular weight excluding hydrogens is 284 g/mol. The first-order chi connectivity index (χ1) is 9.63. The summed E-state index contributed by atoms with van der Waals surface area (Å²) in [5.74, 6) is 0.502. The Balaban J connectivity index is 1.73. The number of hydrogen-bond donors (Lipinski definition) is 1. The van der Waals surface area contributed by atoms with Crippen LogP contribution in [0.15, 0.2) is 22.7 Å². The van der Waals surface area contributed by atoms with Gasteiger partial charge in [0.1, 0.15) is 11.3 Å². The number of nitrogens with zero attached hydrogens (tertiary/aromatic N) is 2. The number of ether oxygens (including phenoxy) is 1. The molecule has 0 aliphatic heterocycles. The molecule has 0 radical (unpaired) electrons. The number of aromatic carboxylic acids is 1. The molecule has 1 N–H and O–H groups in total. The third-order valence-electron chi connectivity index (χ3n) is 2.95. The van der Waals surface area contributed by atoms with Gasteiger partial charge in [-0.2, -0.15) is 4.98 Å². The lowest BCUT2D eigenvalue weighted by molar-refractivity contribution is 0.0691. The summed E-state index contributed by atoms with van der Waals surface area (Å²) in [6.45, 7) is 0.0142. The number of halogens is 1. The van der Waals surface area contributed by atoms with E-state index in [2.05, 4.69) is 10.1 Å². The Morgan fingerprint density at radius 2 is 2.30 bits per heavy atom. The Labute approximate surface area is 119 Å². The summed E-state index contributed by atoms with van der Waals surface area (Å²) in [5.41, 5.74) is 0.0383. The first kappa shape index (κ1) is 12.9. The molecule has 1 aliphatic rings. The highest BCUT2D eigenvalue weighted by atomic mass is 35.5. The standard InChI is InChI=1S/C13H11ClN2O4/c14-8-3-4-9(13(17)18)10(5-8)19-6-11-15-12(16-20-11)7-1-2-7/h3-5,7H,1-2,6H2,(H,17,18). The fourth-order valence-corrected chi connectivity index (χ4v) is 1.93. The van der Waals surface area contributed by atoms with E-state index in [0.29, 0.717) is 22.7 Å². The van der Waals surface area contributed by atoms with Crippen molar-refractivity contribution in [2.45, 2.75) is 25.4 Å². The second-order valence-electron chi connectivity index (χ2n) is 4.55. The van der Waals surface area contributed by atoms with Crippen LogP contribution in [-0.2, 0) is 6.61 Å². The predicted octanol–water partition coefficient (Wildman–Crippen LogP) is 2.88. The molecule has 0 unspecified atom stereocenters. The highest BCUT2D eigenvalue weighted by Crippen LogP contribution is 2.38.